The van der Waals surface area contributed by atoms with Crippen LogP contribution in [0.25, 0.3) is 0 Å². The van der Waals surface area contributed by atoms with Gasteiger partial charge in [-0.3, -0.25) is 9.69 Å². The Kier molecular flexibility index (Phi) is 6.60. The van der Waals surface area contributed by atoms with Crippen molar-refractivity contribution in [3.63, 3.8) is 0 Å². The lowest BCUT2D eigenvalue weighted by Gasteiger charge is -2.42. The standard InChI is InChI=1S/C22H33N3O3/c1-3-24(15-20(26)27)19-13-18(14-19)23-21(28)25-12-11-22(2,16-25)10-9-17-7-5-4-6-8-17/h4-8,18-19H,3,9-16H2,1-2H3,(H,23,28)(H,26,27). The van der Waals surface area contributed by atoms with Gasteiger partial charge in [-0.1, -0.05) is 44.2 Å². The first-order chi connectivity index (χ1) is 13.4. The zero-order valence-electron chi connectivity index (χ0n) is 17.1. The van der Waals surface area contributed by atoms with Crippen molar-refractivity contribution < 1.29 is 14.7 Å². The van der Waals surface area contributed by atoms with Crippen molar-refractivity contribution in [1.82, 2.24) is 15.1 Å². The molecule has 0 bridgehead atoms. The van der Waals surface area contributed by atoms with E-state index in [0.717, 1.165) is 51.7 Å². The molecular weight excluding hydrogens is 354 g/mol. The Morgan fingerprint density at radius 3 is 2.64 bits per heavy atom. The molecule has 1 saturated heterocycles. The molecule has 1 aromatic carbocycles. The van der Waals surface area contributed by atoms with Crippen LogP contribution in [0.2, 0.25) is 0 Å². The molecule has 2 amide bonds. The number of urea groups is 1. The molecule has 2 fully saturated rings. The van der Waals surface area contributed by atoms with Crippen molar-refractivity contribution in [2.24, 2.45) is 5.41 Å². The molecule has 6 heteroatoms. The minimum Gasteiger partial charge on any atom is -0.480 e. The van der Waals surface area contributed by atoms with Crippen LogP contribution in [0.5, 0.6) is 0 Å². The number of rotatable bonds is 8. The topological polar surface area (TPSA) is 72.9 Å². The number of carboxylic acid groups (broad SMARTS) is 1. The summed E-state index contributed by atoms with van der Waals surface area (Å²) in [5.41, 5.74) is 1.53. The summed E-state index contributed by atoms with van der Waals surface area (Å²) in [5.74, 6) is -0.791. The number of nitrogens with zero attached hydrogens (tertiary/aromatic N) is 2. The van der Waals surface area contributed by atoms with E-state index in [0.29, 0.717) is 0 Å². The van der Waals surface area contributed by atoms with Crippen LogP contribution in [0.1, 0.15) is 45.1 Å². The van der Waals surface area contributed by atoms with E-state index < -0.39 is 5.97 Å². The summed E-state index contributed by atoms with van der Waals surface area (Å²) < 4.78 is 0. The number of likely N-dealkylation sites (N-methyl/N-ethyl adjacent to an activating group) is 1. The van der Waals surface area contributed by atoms with Gasteiger partial charge in [0.05, 0.1) is 6.54 Å². The molecule has 28 heavy (non-hydrogen) atoms. The number of aliphatic carboxylic acids is 1. The van der Waals surface area contributed by atoms with Crippen molar-refractivity contribution in [2.75, 3.05) is 26.2 Å². The SMILES string of the molecule is CCN(CC(=O)O)C1CC(NC(=O)N2CCC(C)(CCc3ccccc3)C2)C1. The molecule has 1 atom stereocenters. The van der Waals surface area contributed by atoms with Gasteiger partial charge < -0.3 is 15.3 Å². The molecular formula is C22H33N3O3. The second-order valence-electron chi connectivity index (χ2n) is 8.70. The van der Waals surface area contributed by atoms with Crippen LogP contribution in [0, 0.1) is 5.41 Å². The van der Waals surface area contributed by atoms with Crippen LogP contribution in [-0.2, 0) is 11.2 Å². The fraction of sp³-hybridized carbons (Fsp3) is 0.636. The van der Waals surface area contributed by atoms with Crippen molar-refractivity contribution >= 4 is 12.0 Å². The van der Waals surface area contributed by atoms with Crippen LogP contribution in [0.4, 0.5) is 4.79 Å². The lowest BCUT2D eigenvalue weighted by molar-refractivity contribution is -0.139. The van der Waals surface area contributed by atoms with Crippen molar-refractivity contribution in [3.05, 3.63) is 35.9 Å². The first-order valence-electron chi connectivity index (χ1n) is 10.4. The number of nitrogens with one attached hydrogen (secondary N) is 1. The van der Waals surface area contributed by atoms with Crippen molar-refractivity contribution in [2.45, 2.75) is 58.0 Å². The lowest BCUT2D eigenvalue weighted by Crippen LogP contribution is -2.56. The summed E-state index contributed by atoms with van der Waals surface area (Å²) in [6.07, 6.45) is 4.86. The van der Waals surface area contributed by atoms with E-state index in [4.69, 9.17) is 5.11 Å². The zero-order chi connectivity index (χ0) is 20.1. The fourth-order valence-corrected chi connectivity index (χ4v) is 4.43. The molecule has 2 N–H and O–H groups in total. The summed E-state index contributed by atoms with van der Waals surface area (Å²) in [4.78, 5) is 27.5. The molecule has 1 aliphatic heterocycles. The quantitative estimate of drug-likeness (QED) is 0.719. The van der Waals surface area contributed by atoms with E-state index in [9.17, 15) is 9.59 Å². The van der Waals surface area contributed by atoms with Gasteiger partial charge in [-0.05, 0) is 49.6 Å². The highest BCUT2D eigenvalue weighted by atomic mass is 16.4. The number of carbonyl (C=O) groups excluding carboxylic acids is 1. The number of amides is 2. The molecule has 6 nitrogen and oxygen atoms in total. The third-order valence-electron chi connectivity index (χ3n) is 6.41. The summed E-state index contributed by atoms with van der Waals surface area (Å²) in [5, 5.41) is 12.1. The lowest BCUT2D eigenvalue weighted by atomic mass is 9.83. The number of benzene rings is 1. The van der Waals surface area contributed by atoms with Gasteiger partial charge in [0, 0.05) is 25.2 Å². The highest BCUT2D eigenvalue weighted by molar-refractivity contribution is 5.75. The van der Waals surface area contributed by atoms with E-state index in [-0.39, 0.29) is 30.1 Å². The molecule has 1 aromatic rings. The molecule has 1 saturated carbocycles. The molecule has 1 heterocycles. The predicted octanol–water partition coefficient (Wildman–Crippen LogP) is 2.98. The third-order valence-corrected chi connectivity index (χ3v) is 6.41. The Morgan fingerprint density at radius 2 is 2.00 bits per heavy atom. The average Bonchev–Trinajstić information content (AvgIpc) is 3.04. The Morgan fingerprint density at radius 1 is 1.29 bits per heavy atom. The summed E-state index contributed by atoms with van der Waals surface area (Å²) in [7, 11) is 0. The summed E-state index contributed by atoms with van der Waals surface area (Å²) in [6, 6.07) is 11.0. The number of hydrogen-bond acceptors (Lipinski definition) is 3. The Bertz CT molecular complexity index is 675. The number of carbonyl (C=O) groups is 2. The van der Waals surface area contributed by atoms with Crippen LogP contribution >= 0.6 is 0 Å². The highest BCUT2D eigenvalue weighted by Crippen LogP contribution is 2.35. The molecule has 0 aromatic heterocycles. The second-order valence-corrected chi connectivity index (χ2v) is 8.70. The summed E-state index contributed by atoms with van der Waals surface area (Å²) >= 11 is 0. The Balaban J connectivity index is 1.41. The zero-order valence-corrected chi connectivity index (χ0v) is 17.1. The molecule has 1 aliphatic carbocycles. The maximum absolute atomic E-state index is 12.6. The third kappa shape index (κ3) is 5.25. The van der Waals surface area contributed by atoms with E-state index in [1.165, 1.54) is 5.56 Å². The highest BCUT2D eigenvalue weighted by Gasteiger charge is 2.39. The van der Waals surface area contributed by atoms with Gasteiger partial charge in [-0.15, -0.1) is 0 Å². The van der Waals surface area contributed by atoms with E-state index in [1.807, 2.05) is 22.8 Å². The van der Waals surface area contributed by atoms with Crippen LogP contribution in [0.15, 0.2) is 30.3 Å². The minimum atomic E-state index is -0.791. The van der Waals surface area contributed by atoms with Gasteiger partial charge in [0.2, 0.25) is 0 Å². The first-order valence-corrected chi connectivity index (χ1v) is 10.4. The second kappa shape index (κ2) is 8.95. The molecule has 1 unspecified atom stereocenters. The number of likely N-dealkylation sites (tertiary alicyclic amines) is 1. The van der Waals surface area contributed by atoms with Crippen LogP contribution < -0.4 is 5.32 Å². The summed E-state index contributed by atoms with van der Waals surface area (Å²) in [6.45, 7) is 6.69. The van der Waals surface area contributed by atoms with E-state index in [1.54, 1.807) is 0 Å². The maximum Gasteiger partial charge on any atom is 0.317 e. The van der Waals surface area contributed by atoms with Gasteiger partial charge in [-0.2, -0.15) is 0 Å². The van der Waals surface area contributed by atoms with Gasteiger partial charge in [0.25, 0.3) is 0 Å². The van der Waals surface area contributed by atoms with Crippen LogP contribution in [0.3, 0.4) is 0 Å². The van der Waals surface area contributed by atoms with Crippen molar-refractivity contribution in [1.29, 1.82) is 0 Å². The predicted molar refractivity (Wildman–Crippen MR) is 109 cm³/mol. The molecule has 0 spiro atoms. The molecule has 2 aliphatic rings. The van der Waals surface area contributed by atoms with Crippen molar-refractivity contribution in [3.8, 4) is 0 Å². The Labute approximate surface area is 167 Å². The monoisotopic (exact) mass is 387 g/mol. The molecule has 154 valence electrons. The van der Waals surface area contributed by atoms with Gasteiger partial charge in [0.15, 0.2) is 0 Å². The van der Waals surface area contributed by atoms with E-state index >= 15 is 0 Å². The minimum absolute atomic E-state index is 0.0353. The molecule has 3 rings (SSSR count). The normalized spacial score (nSPS) is 26.9. The fourth-order valence-electron chi connectivity index (χ4n) is 4.43. The number of aryl methyl sites for hydroxylation is 1. The molecule has 0 radical (unpaired) electrons. The van der Waals surface area contributed by atoms with Gasteiger partial charge in [0.1, 0.15) is 0 Å². The largest absolute Gasteiger partial charge is 0.480 e. The Hall–Kier alpha value is -2.08. The van der Waals surface area contributed by atoms with Gasteiger partial charge in [-0.25, -0.2) is 4.79 Å². The average molecular weight is 388 g/mol. The number of hydrogen-bond donors (Lipinski definition) is 2. The van der Waals surface area contributed by atoms with Gasteiger partial charge >= 0.3 is 12.0 Å². The smallest absolute Gasteiger partial charge is 0.317 e. The maximum atomic E-state index is 12.6. The first kappa shape index (κ1) is 20.6. The van der Waals surface area contributed by atoms with Crippen LogP contribution in [-0.4, -0.2) is 65.2 Å². The van der Waals surface area contributed by atoms with E-state index in [2.05, 4.69) is 36.5 Å². The number of carboxylic acids is 1.